The van der Waals surface area contributed by atoms with Crippen LogP contribution in [0.25, 0.3) is 0 Å². The molecule has 0 spiro atoms. The van der Waals surface area contributed by atoms with Crippen molar-refractivity contribution in [2.45, 2.75) is 6.04 Å². The molecule has 0 aliphatic carbocycles. The molecule has 1 aromatic heterocycles. The van der Waals surface area contributed by atoms with Gasteiger partial charge in [0.25, 0.3) is 5.91 Å². The topological polar surface area (TPSA) is 65.5 Å². The molecule has 1 aromatic carbocycles. The minimum absolute atomic E-state index is 0.154. The van der Waals surface area contributed by atoms with E-state index in [1.807, 2.05) is 49.3 Å². The zero-order valence-electron chi connectivity index (χ0n) is 12.2. The third kappa shape index (κ3) is 3.79. The second kappa shape index (κ2) is 6.85. The first-order valence-electron chi connectivity index (χ1n) is 6.72. The van der Waals surface area contributed by atoms with Crippen molar-refractivity contribution in [3.05, 3.63) is 59.8 Å². The Morgan fingerprint density at radius 1 is 1.24 bits per heavy atom. The first-order valence-corrected chi connectivity index (χ1v) is 6.72. The van der Waals surface area contributed by atoms with Gasteiger partial charge in [-0.15, -0.1) is 0 Å². The van der Waals surface area contributed by atoms with Crippen molar-refractivity contribution >= 4 is 11.7 Å². The molecule has 0 saturated heterocycles. The number of carbonyl (C=O) groups excluding carboxylic acids is 1. The number of aliphatic hydroxyl groups is 1. The Kier molecular flexibility index (Phi) is 4.90. The first-order chi connectivity index (χ1) is 10.1. The molecule has 0 radical (unpaired) electrons. The van der Waals surface area contributed by atoms with Crippen LogP contribution in [0.5, 0.6) is 0 Å². The summed E-state index contributed by atoms with van der Waals surface area (Å²) in [6, 6.07) is 12.5. The Morgan fingerprint density at radius 2 is 1.95 bits per heavy atom. The highest BCUT2D eigenvalue weighted by atomic mass is 16.3. The number of nitrogens with zero attached hydrogens (tertiary/aromatic N) is 2. The van der Waals surface area contributed by atoms with Gasteiger partial charge in [-0.1, -0.05) is 30.3 Å². The molecule has 0 aliphatic heterocycles. The lowest BCUT2D eigenvalue weighted by Crippen LogP contribution is -2.30. The molecule has 2 rings (SSSR count). The molecule has 0 bridgehead atoms. The summed E-state index contributed by atoms with van der Waals surface area (Å²) in [5.41, 5.74) is 1.33. The lowest BCUT2D eigenvalue weighted by Gasteiger charge is -2.17. The molecule has 2 aromatic rings. The van der Waals surface area contributed by atoms with E-state index in [4.69, 9.17) is 0 Å². The van der Waals surface area contributed by atoms with Gasteiger partial charge < -0.3 is 15.3 Å². The van der Waals surface area contributed by atoms with Gasteiger partial charge in [0.15, 0.2) is 0 Å². The Balaban J connectivity index is 2.09. The molecule has 0 fully saturated rings. The molecular formula is C16H19N3O2. The van der Waals surface area contributed by atoms with Crippen molar-refractivity contribution in [1.82, 2.24) is 10.3 Å². The molecule has 1 amide bonds. The Morgan fingerprint density at radius 3 is 2.48 bits per heavy atom. The third-order valence-electron chi connectivity index (χ3n) is 3.16. The number of nitrogens with one attached hydrogen (secondary N) is 1. The van der Waals surface area contributed by atoms with Crippen molar-refractivity contribution in [2.75, 3.05) is 25.6 Å². The quantitative estimate of drug-likeness (QED) is 0.876. The number of hydrogen-bond acceptors (Lipinski definition) is 4. The van der Waals surface area contributed by atoms with E-state index < -0.39 is 6.04 Å². The van der Waals surface area contributed by atoms with Crippen LogP contribution in [0, 0.1) is 0 Å². The summed E-state index contributed by atoms with van der Waals surface area (Å²) < 4.78 is 0. The van der Waals surface area contributed by atoms with Gasteiger partial charge in [0.05, 0.1) is 18.2 Å². The lowest BCUT2D eigenvalue weighted by molar-refractivity contribution is 0.0916. The number of aromatic nitrogens is 1. The van der Waals surface area contributed by atoms with Crippen LogP contribution in [0.15, 0.2) is 48.7 Å². The highest BCUT2D eigenvalue weighted by molar-refractivity contribution is 5.94. The number of anilines is 1. The molecule has 21 heavy (non-hydrogen) atoms. The zero-order chi connectivity index (χ0) is 15.2. The molecule has 0 saturated carbocycles. The molecule has 0 aliphatic rings. The highest BCUT2D eigenvalue weighted by Gasteiger charge is 2.15. The van der Waals surface area contributed by atoms with E-state index in [9.17, 15) is 9.90 Å². The third-order valence-corrected chi connectivity index (χ3v) is 3.16. The summed E-state index contributed by atoms with van der Waals surface area (Å²) in [4.78, 5) is 18.3. The van der Waals surface area contributed by atoms with Crippen molar-refractivity contribution in [2.24, 2.45) is 0 Å². The maximum Gasteiger partial charge on any atom is 0.253 e. The predicted molar refractivity (Wildman–Crippen MR) is 82.3 cm³/mol. The summed E-state index contributed by atoms with van der Waals surface area (Å²) >= 11 is 0. The molecule has 5 heteroatoms. The number of rotatable bonds is 5. The molecule has 5 nitrogen and oxygen atoms in total. The second-order valence-corrected chi connectivity index (χ2v) is 4.92. The molecular weight excluding hydrogens is 266 g/mol. The van der Waals surface area contributed by atoms with E-state index in [1.54, 1.807) is 12.1 Å². The van der Waals surface area contributed by atoms with Crippen LogP contribution < -0.4 is 10.2 Å². The van der Waals surface area contributed by atoms with Crippen LogP contribution in [0.1, 0.15) is 22.0 Å². The van der Waals surface area contributed by atoms with Crippen molar-refractivity contribution in [1.29, 1.82) is 0 Å². The molecule has 1 heterocycles. The number of benzene rings is 1. The summed E-state index contributed by atoms with van der Waals surface area (Å²) in [5, 5.41) is 12.3. The molecule has 110 valence electrons. The van der Waals surface area contributed by atoms with E-state index in [1.165, 1.54) is 6.20 Å². The fourth-order valence-corrected chi connectivity index (χ4v) is 1.95. The van der Waals surface area contributed by atoms with E-state index in [2.05, 4.69) is 10.3 Å². The van der Waals surface area contributed by atoms with Gasteiger partial charge in [-0.2, -0.15) is 0 Å². The van der Waals surface area contributed by atoms with E-state index in [0.717, 1.165) is 11.4 Å². The van der Waals surface area contributed by atoms with Crippen molar-refractivity contribution in [3.8, 4) is 0 Å². The van der Waals surface area contributed by atoms with Crippen LogP contribution in [0.4, 0.5) is 5.82 Å². The predicted octanol–water partition coefficient (Wildman–Crippen LogP) is 1.61. The summed E-state index contributed by atoms with van der Waals surface area (Å²) in [5.74, 6) is 0.532. The van der Waals surface area contributed by atoms with Gasteiger partial charge in [0, 0.05) is 20.3 Å². The monoisotopic (exact) mass is 285 g/mol. The van der Waals surface area contributed by atoms with Crippen LogP contribution in [0.3, 0.4) is 0 Å². The fraction of sp³-hybridized carbons (Fsp3) is 0.250. The Labute approximate surface area is 124 Å². The maximum absolute atomic E-state index is 12.2. The summed E-state index contributed by atoms with van der Waals surface area (Å²) in [6.45, 7) is -0.154. The SMILES string of the molecule is CN(C)c1ccc(C(=O)NC(CO)c2ccccc2)cn1. The van der Waals surface area contributed by atoms with Gasteiger partial charge in [0.2, 0.25) is 0 Å². The zero-order valence-corrected chi connectivity index (χ0v) is 12.2. The van der Waals surface area contributed by atoms with Crippen LogP contribution in [-0.4, -0.2) is 36.7 Å². The highest BCUT2D eigenvalue weighted by Crippen LogP contribution is 2.13. The number of hydrogen-bond donors (Lipinski definition) is 2. The van der Waals surface area contributed by atoms with Crippen molar-refractivity contribution in [3.63, 3.8) is 0 Å². The number of carbonyl (C=O) groups is 1. The largest absolute Gasteiger partial charge is 0.394 e. The van der Waals surface area contributed by atoms with Crippen LogP contribution in [0.2, 0.25) is 0 Å². The van der Waals surface area contributed by atoms with Crippen LogP contribution >= 0.6 is 0 Å². The minimum Gasteiger partial charge on any atom is -0.394 e. The average Bonchev–Trinajstić information content (AvgIpc) is 2.53. The van der Waals surface area contributed by atoms with Crippen LogP contribution in [-0.2, 0) is 0 Å². The van der Waals surface area contributed by atoms with Gasteiger partial charge in [-0.3, -0.25) is 4.79 Å². The molecule has 2 N–H and O–H groups in total. The van der Waals surface area contributed by atoms with Gasteiger partial charge in [-0.05, 0) is 17.7 Å². The summed E-state index contributed by atoms with van der Waals surface area (Å²) in [6.07, 6.45) is 1.53. The summed E-state index contributed by atoms with van der Waals surface area (Å²) in [7, 11) is 3.78. The fourth-order valence-electron chi connectivity index (χ4n) is 1.95. The first kappa shape index (κ1) is 15.0. The van der Waals surface area contributed by atoms with E-state index >= 15 is 0 Å². The Hall–Kier alpha value is -2.40. The number of amides is 1. The molecule has 1 atom stereocenters. The number of aliphatic hydroxyl groups excluding tert-OH is 1. The number of pyridine rings is 1. The maximum atomic E-state index is 12.2. The molecule has 1 unspecified atom stereocenters. The standard InChI is InChI=1S/C16H19N3O2/c1-19(2)15-9-8-13(10-17-15)16(21)18-14(11-20)12-6-4-3-5-7-12/h3-10,14,20H,11H2,1-2H3,(H,18,21). The smallest absolute Gasteiger partial charge is 0.253 e. The van der Waals surface area contributed by atoms with Gasteiger partial charge in [0.1, 0.15) is 5.82 Å². The average molecular weight is 285 g/mol. The van der Waals surface area contributed by atoms with E-state index in [-0.39, 0.29) is 12.5 Å². The Bertz CT molecular complexity index is 582. The second-order valence-electron chi connectivity index (χ2n) is 4.92. The lowest BCUT2D eigenvalue weighted by atomic mass is 10.1. The minimum atomic E-state index is -0.424. The normalized spacial score (nSPS) is 11.8. The van der Waals surface area contributed by atoms with Crippen molar-refractivity contribution < 1.29 is 9.90 Å². The van der Waals surface area contributed by atoms with Gasteiger partial charge in [-0.25, -0.2) is 4.98 Å². The van der Waals surface area contributed by atoms with E-state index in [0.29, 0.717) is 5.56 Å². The van der Waals surface area contributed by atoms with Gasteiger partial charge >= 0.3 is 0 Å².